The molecule has 0 saturated heterocycles. The molecule has 1 saturated carbocycles. The molecule has 0 bridgehead atoms. The lowest BCUT2D eigenvalue weighted by molar-refractivity contribution is -0.153. The number of rotatable bonds is 5. The van der Waals surface area contributed by atoms with Crippen molar-refractivity contribution >= 4 is 5.97 Å². The highest BCUT2D eigenvalue weighted by atomic mass is 16.5. The Morgan fingerprint density at radius 1 is 1.31 bits per heavy atom. The zero-order valence-electron chi connectivity index (χ0n) is 11.0. The number of carbonyl (C=O) groups excluding carboxylic acids is 1. The number of hydrogen-bond acceptors (Lipinski definition) is 2. The molecule has 2 atom stereocenters. The lowest BCUT2D eigenvalue weighted by Crippen LogP contribution is -2.30. The molecule has 0 N–H and O–H groups in total. The first-order valence-corrected chi connectivity index (χ1v) is 6.83. The quantitative estimate of drug-likeness (QED) is 0.664. The van der Waals surface area contributed by atoms with Crippen molar-refractivity contribution in [1.29, 1.82) is 0 Å². The molecule has 1 aliphatic carbocycles. The molecule has 0 aromatic heterocycles. The SMILES string of the molecule is CCC(=O)OC1CCCCC1CCC(C)C. The summed E-state index contributed by atoms with van der Waals surface area (Å²) < 4.78 is 5.55. The van der Waals surface area contributed by atoms with E-state index < -0.39 is 0 Å². The number of ether oxygens (including phenoxy) is 1. The Kier molecular flexibility index (Phi) is 5.86. The van der Waals surface area contributed by atoms with Crippen molar-refractivity contribution < 1.29 is 9.53 Å². The van der Waals surface area contributed by atoms with Crippen LogP contribution < -0.4 is 0 Å². The molecular weight excluding hydrogens is 200 g/mol. The van der Waals surface area contributed by atoms with Crippen LogP contribution in [-0.4, -0.2) is 12.1 Å². The number of hydrogen-bond donors (Lipinski definition) is 0. The number of esters is 1. The second-order valence-corrected chi connectivity index (χ2v) is 5.40. The summed E-state index contributed by atoms with van der Waals surface area (Å²) in [4.78, 5) is 11.3. The van der Waals surface area contributed by atoms with Gasteiger partial charge in [-0.1, -0.05) is 33.6 Å². The summed E-state index contributed by atoms with van der Waals surface area (Å²) in [6, 6.07) is 0. The Hall–Kier alpha value is -0.530. The van der Waals surface area contributed by atoms with Crippen molar-refractivity contribution in [3.05, 3.63) is 0 Å². The summed E-state index contributed by atoms with van der Waals surface area (Å²) in [5.74, 6) is 1.34. The van der Waals surface area contributed by atoms with E-state index in [0.717, 1.165) is 12.3 Å². The third kappa shape index (κ3) is 4.54. The molecule has 2 unspecified atom stereocenters. The zero-order chi connectivity index (χ0) is 12.0. The van der Waals surface area contributed by atoms with Crippen LogP contribution in [0.3, 0.4) is 0 Å². The van der Waals surface area contributed by atoms with Gasteiger partial charge in [-0.15, -0.1) is 0 Å². The van der Waals surface area contributed by atoms with Crippen LogP contribution in [-0.2, 0) is 9.53 Å². The fourth-order valence-corrected chi connectivity index (χ4v) is 2.46. The maximum atomic E-state index is 11.3. The van der Waals surface area contributed by atoms with Crippen LogP contribution in [0, 0.1) is 11.8 Å². The summed E-state index contributed by atoms with van der Waals surface area (Å²) in [5, 5.41) is 0. The maximum absolute atomic E-state index is 11.3. The Labute approximate surface area is 99.8 Å². The molecule has 16 heavy (non-hydrogen) atoms. The van der Waals surface area contributed by atoms with E-state index in [9.17, 15) is 4.79 Å². The molecule has 0 aromatic rings. The molecular formula is C14H26O2. The van der Waals surface area contributed by atoms with Gasteiger partial charge in [0.15, 0.2) is 0 Å². The molecule has 0 radical (unpaired) electrons. The largest absolute Gasteiger partial charge is 0.462 e. The van der Waals surface area contributed by atoms with Gasteiger partial charge in [-0.25, -0.2) is 0 Å². The van der Waals surface area contributed by atoms with E-state index in [-0.39, 0.29) is 12.1 Å². The molecule has 94 valence electrons. The van der Waals surface area contributed by atoms with Gasteiger partial charge in [0.1, 0.15) is 6.10 Å². The molecule has 2 nitrogen and oxygen atoms in total. The van der Waals surface area contributed by atoms with E-state index in [1.165, 1.54) is 32.1 Å². The van der Waals surface area contributed by atoms with Gasteiger partial charge < -0.3 is 4.74 Å². The standard InChI is InChI=1S/C14H26O2/c1-4-14(15)16-13-8-6-5-7-12(13)10-9-11(2)3/h11-13H,4-10H2,1-3H3. The van der Waals surface area contributed by atoms with Crippen molar-refractivity contribution in [2.24, 2.45) is 11.8 Å². The first-order chi connectivity index (χ1) is 7.63. The van der Waals surface area contributed by atoms with Crippen molar-refractivity contribution in [1.82, 2.24) is 0 Å². The van der Waals surface area contributed by atoms with Gasteiger partial charge in [0.05, 0.1) is 0 Å². The Morgan fingerprint density at radius 2 is 2.00 bits per heavy atom. The van der Waals surface area contributed by atoms with Gasteiger partial charge in [-0.05, 0) is 37.5 Å². The summed E-state index contributed by atoms with van der Waals surface area (Å²) in [6.07, 6.45) is 8.04. The fourth-order valence-electron chi connectivity index (χ4n) is 2.46. The predicted octanol–water partition coefficient (Wildman–Crippen LogP) is 3.93. The highest BCUT2D eigenvalue weighted by Crippen LogP contribution is 2.31. The van der Waals surface area contributed by atoms with E-state index in [0.29, 0.717) is 12.3 Å². The van der Waals surface area contributed by atoms with Crippen molar-refractivity contribution in [2.45, 2.75) is 71.8 Å². The van der Waals surface area contributed by atoms with Crippen LogP contribution >= 0.6 is 0 Å². The topological polar surface area (TPSA) is 26.3 Å². The van der Waals surface area contributed by atoms with E-state index in [4.69, 9.17) is 4.74 Å². The molecule has 1 fully saturated rings. The van der Waals surface area contributed by atoms with Gasteiger partial charge in [-0.3, -0.25) is 4.79 Å². The highest BCUT2D eigenvalue weighted by Gasteiger charge is 2.27. The van der Waals surface area contributed by atoms with Crippen LogP contribution in [0.5, 0.6) is 0 Å². The Balaban J connectivity index is 2.40. The maximum Gasteiger partial charge on any atom is 0.305 e. The molecule has 1 aliphatic rings. The third-order valence-corrected chi connectivity index (χ3v) is 3.53. The molecule has 2 heteroatoms. The molecule has 0 aromatic carbocycles. The van der Waals surface area contributed by atoms with Gasteiger partial charge in [0, 0.05) is 6.42 Å². The number of carbonyl (C=O) groups is 1. The van der Waals surface area contributed by atoms with Gasteiger partial charge in [0.2, 0.25) is 0 Å². The lowest BCUT2D eigenvalue weighted by Gasteiger charge is -2.31. The third-order valence-electron chi connectivity index (χ3n) is 3.53. The van der Waals surface area contributed by atoms with Crippen LogP contribution in [0.1, 0.15) is 65.7 Å². The van der Waals surface area contributed by atoms with E-state index >= 15 is 0 Å². The van der Waals surface area contributed by atoms with Crippen LogP contribution in [0.25, 0.3) is 0 Å². The zero-order valence-corrected chi connectivity index (χ0v) is 11.0. The van der Waals surface area contributed by atoms with Crippen LogP contribution in [0.2, 0.25) is 0 Å². The minimum absolute atomic E-state index is 0.0264. The summed E-state index contributed by atoms with van der Waals surface area (Å²) in [6.45, 7) is 6.39. The molecule has 0 heterocycles. The van der Waals surface area contributed by atoms with E-state index in [1.54, 1.807) is 0 Å². The summed E-state index contributed by atoms with van der Waals surface area (Å²) in [5.41, 5.74) is 0. The summed E-state index contributed by atoms with van der Waals surface area (Å²) >= 11 is 0. The second kappa shape index (κ2) is 6.93. The van der Waals surface area contributed by atoms with Gasteiger partial charge in [0.25, 0.3) is 0 Å². The van der Waals surface area contributed by atoms with Gasteiger partial charge in [-0.2, -0.15) is 0 Å². The van der Waals surface area contributed by atoms with Crippen molar-refractivity contribution in [3.8, 4) is 0 Å². The average molecular weight is 226 g/mol. The molecule has 1 rings (SSSR count). The van der Waals surface area contributed by atoms with Crippen molar-refractivity contribution in [3.63, 3.8) is 0 Å². The normalized spacial score (nSPS) is 25.8. The lowest BCUT2D eigenvalue weighted by atomic mass is 9.82. The Morgan fingerprint density at radius 3 is 2.62 bits per heavy atom. The van der Waals surface area contributed by atoms with Gasteiger partial charge >= 0.3 is 5.97 Å². The minimum Gasteiger partial charge on any atom is -0.462 e. The fraction of sp³-hybridized carbons (Fsp3) is 0.929. The second-order valence-electron chi connectivity index (χ2n) is 5.40. The molecule has 0 spiro atoms. The Bertz CT molecular complexity index is 211. The molecule has 0 amide bonds. The first-order valence-electron chi connectivity index (χ1n) is 6.83. The minimum atomic E-state index is -0.0264. The highest BCUT2D eigenvalue weighted by molar-refractivity contribution is 5.69. The van der Waals surface area contributed by atoms with Crippen LogP contribution in [0.4, 0.5) is 0 Å². The van der Waals surface area contributed by atoms with Crippen molar-refractivity contribution in [2.75, 3.05) is 0 Å². The van der Waals surface area contributed by atoms with E-state index in [2.05, 4.69) is 13.8 Å². The van der Waals surface area contributed by atoms with Crippen LogP contribution in [0.15, 0.2) is 0 Å². The average Bonchev–Trinajstić information content (AvgIpc) is 2.27. The summed E-state index contributed by atoms with van der Waals surface area (Å²) in [7, 11) is 0. The molecule has 0 aliphatic heterocycles. The predicted molar refractivity (Wildman–Crippen MR) is 66.2 cm³/mol. The monoisotopic (exact) mass is 226 g/mol. The first kappa shape index (κ1) is 13.5. The smallest absolute Gasteiger partial charge is 0.305 e. The van der Waals surface area contributed by atoms with E-state index in [1.807, 2.05) is 6.92 Å².